The fourth-order valence-corrected chi connectivity index (χ4v) is 4.72. The zero-order valence-corrected chi connectivity index (χ0v) is 27.1. The van der Waals surface area contributed by atoms with Crippen LogP contribution in [0, 0.1) is 23.7 Å². The van der Waals surface area contributed by atoms with Crippen molar-refractivity contribution in [3.63, 3.8) is 0 Å². The Balaban J connectivity index is 2.29. The number of rotatable bonds is 15. The minimum absolute atomic E-state index is 0.0120. The monoisotopic (exact) mass is 602 g/mol. The molecule has 1 saturated heterocycles. The van der Waals surface area contributed by atoms with Crippen molar-refractivity contribution in [1.29, 1.82) is 0 Å². The molecule has 4 N–H and O–H groups in total. The van der Waals surface area contributed by atoms with E-state index in [9.17, 15) is 14.4 Å². The number of nitrogens with zero attached hydrogens (tertiary/aromatic N) is 1. The van der Waals surface area contributed by atoms with Crippen molar-refractivity contribution < 1.29 is 28.7 Å². The van der Waals surface area contributed by atoms with Crippen LogP contribution in [0.1, 0.15) is 86.1 Å². The predicted octanol–water partition coefficient (Wildman–Crippen LogP) is 4.60. The minimum Gasteiger partial charge on any atom is -0.374 e. The van der Waals surface area contributed by atoms with Crippen LogP contribution in [-0.2, 0) is 28.7 Å². The number of nitrogens with two attached hydrogens (primary N) is 1. The molecule has 1 aliphatic rings. The lowest BCUT2D eigenvalue weighted by Gasteiger charge is -2.32. The lowest BCUT2D eigenvalue weighted by Crippen LogP contribution is -2.57. The molecule has 0 bridgehead atoms. The van der Waals surface area contributed by atoms with Gasteiger partial charge in [0.2, 0.25) is 11.8 Å². The van der Waals surface area contributed by atoms with E-state index in [-0.39, 0.29) is 31.4 Å². The first-order valence-electron chi connectivity index (χ1n) is 15.6. The number of amides is 3. The first-order chi connectivity index (χ1) is 20.3. The second-order valence-electron chi connectivity index (χ2n) is 13.1. The van der Waals surface area contributed by atoms with Crippen LogP contribution in [0.15, 0.2) is 36.4 Å². The Morgan fingerprint density at radius 3 is 2.33 bits per heavy atom. The summed E-state index contributed by atoms with van der Waals surface area (Å²) in [6, 6.07) is 8.79. The highest BCUT2D eigenvalue weighted by molar-refractivity contribution is 5.90. The number of carbonyl (C=O) groups is 3. The van der Waals surface area contributed by atoms with E-state index in [1.54, 1.807) is 0 Å². The second kappa shape index (κ2) is 18.1. The van der Waals surface area contributed by atoms with Gasteiger partial charge in [0.25, 0.3) is 5.91 Å². The molecule has 0 radical (unpaired) electrons. The quantitative estimate of drug-likeness (QED) is 0.250. The smallest absolute Gasteiger partial charge is 0.260 e. The molecular formula is C33H54N4O6. The van der Waals surface area contributed by atoms with Crippen LogP contribution in [0.3, 0.4) is 0 Å². The molecule has 4 atom stereocenters. The van der Waals surface area contributed by atoms with Crippen LogP contribution < -0.4 is 16.6 Å². The number of hydrogen-bond donors (Lipinski definition) is 3. The molecule has 1 aromatic carbocycles. The fourth-order valence-electron chi connectivity index (χ4n) is 4.72. The van der Waals surface area contributed by atoms with E-state index in [2.05, 4.69) is 10.9 Å². The van der Waals surface area contributed by atoms with Gasteiger partial charge in [-0.15, -0.1) is 0 Å². The fraction of sp³-hybridized carbons (Fsp3) is 0.667. The number of hydrogen-bond acceptors (Lipinski definition) is 7. The van der Waals surface area contributed by atoms with Crippen molar-refractivity contribution in [2.75, 3.05) is 19.8 Å². The average molecular weight is 603 g/mol. The minimum atomic E-state index is -0.960. The summed E-state index contributed by atoms with van der Waals surface area (Å²) in [6.45, 7) is 14.4. The van der Waals surface area contributed by atoms with Crippen molar-refractivity contribution in [2.45, 2.75) is 98.5 Å². The summed E-state index contributed by atoms with van der Waals surface area (Å²) in [7, 11) is 0. The van der Waals surface area contributed by atoms with Gasteiger partial charge in [-0.05, 0) is 63.9 Å². The van der Waals surface area contributed by atoms with Gasteiger partial charge < -0.3 is 15.2 Å². The van der Waals surface area contributed by atoms with Crippen LogP contribution in [0.25, 0.3) is 6.08 Å². The molecule has 0 aliphatic carbocycles. The van der Waals surface area contributed by atoms with E-state index < -0.39 is 47.5 Å². The van der Waals surface area contributed by atoms with Gasteiger partial charge in [-0.3, -0.25) is 24.8 Å². The largest absolute Gasteiger partial charge is 0.374 e. The SMILES string of the molecule is CC(C)C[C@@H](C(=O)NN(CC(C)C)C(=O)[C@H](N)COC(C)(C)C)[C@H](C/C=C/c1ccccc1)C(=O)NOC1CCCCO1. The summed E-state index contributed by atoms with van der Waals surface area (Å²) in [6.07, 6.45) is 6.60. The van der Waals surface area contributed by atoms with E-state index in [0.29, 0.717) is 19.4 Å². The molecule has 242 valence electrons. The van der Waals surface area contributed by atoms with Gasteiger partial charge in [-0.1, -0.05) is 70.2 Å². The van der Waals surface area contributed by atoms with Crippen molar-refractivity contribution in [2.24, 2.45) is 29.4 Å². The van der Waals surface area contributed by atoms with E-state index in [1.165, 1.54) is 5.01 Å². The molecule has 0 spiro atoms. The van der Waals surface area contributed by atoms with Gasteiger partial charge >= 0.3 is 0 Å². The van der Waals surface area contributed by atoms with Gasteiger partial charge in [0.1, 0.15) is 6.04 Å². The summed E-state index contributed by atoms with van der Waals surface area (Å²) in [5.74, 6) is -2.64. The maximum Gasteiger partial charge on any atom is 0.260 e. The summed E-state index contributed by atoms with van der Waals surface area (Å²) < 4.78 is 11.3. The molecule has 1 unspecified atom stereocenters. The highest BCUT2D eigenvalue weighted by Crippen LogP contribution is 2.26. The zero-order valence-electron chi connectivity index (χ0n) is 27.1. The molecule has 0 aromatic heterocycles. The molecule has 3 amide bonds. The lowest BCUT2D eigenvalue weighted by molar-refractivity contribution is -0.203. The third kappa shape index (κ3) is 14.0. The molecule has 43 heavy (non-hydrogen) atoms. The third-order valence-corrected chi connectivity index (χ3v) is 6.89. The Labute approximate surface area is 258 Å². The molecule has 0 saturated carbocycles. The molecular weight excluding hydrogens is 548 g/mol. The summed E-state index contributed by atoms with van der Waals surface area (Å²) >= 11 is 0. The Kier molecular flexibility index (Phi) is 15.3. The average Bonchev–Trinajstić information content (AvgIpc) is 2.95. The number of hydrazine groups is 1. The van der Waals surface area contributed by atoms with E-state index in [4.69, 9.17) is 20.0 Å². The topological polar surface area (TPSA) is 132 Å². The van der Waals surface area contributed by atoms with Crippen molar-refractivity contribution in [1.82, 2.24) is 15.9 Å². The lowest BCUT2D eigenvalue weighted by atomic mass is 9.82. The summed E-state index contributed by atoms with van der Waals surface area (Å²) in [4.78, 5) is 46.5. The van der Waals surface area contributed by atoms with Gasteiger partial charge in [0.15, 0.2) is 6.29 Å². The highest BCUT2D eigenvalue weighted by Gasteiger charge is 2.36. The molecule has 2 rings (SSSR count). The standard InChI is InChI=1S/C33H54N4O6/c1-23(2)20-27(30(38)35-37(21-24(3)4)32(40)28(34)22-42-33(5,6)7)26(17-13-16-25-14-9-8-10-15-25)31(39)36-43-29-18-11-12-19-41-29/h8-10,13-16,23-24,26-29H,11-12,17-22,34H2,1-7H3,(H,35,38)(H,36,39)/b16-13+/t26-,27+,28+,29?/m0/s1. The molecule has 1 fully saturated rings. The molecule has 10 nitrogen and oxygen atoms in total. The molecule has 10 heteroatoms. The first kappa shape index (κ1) is 36.4. The van der Waals surface area contributed by atoms with Crippen molar-refractivity contribution in [3.8, 4) is 0 Å². The summed E-state index contributed by atoms with van der Waals surface area (Å²) in [5.41, 5.74) is 12.1. The van der Waals surface area contributed by atoms with Crippen LogP contribution in [0.4, 0.5) is 0 Å². The predicted molar refractivity (Wildman–Crippen MR) is 168 cm³/mol. The Bertz CT molecular complexity index is 1020. The number of ether oxygens (including phenoxy) is 2. The Morgan fingerprint density at radius 2 is 1.74 bits per heavy atom. The summed E-state index contributed by atoms with van der Waals surface area (Å²) in [5, 5.41) is 1.28. The Hall–Kier alpha value is -2.79. The molecule has 1 aromatic rings. The van der Waals surface area contributed by atoms with E-state index in [0.717, 1.165) is 18.4 Å². The number of hydroxylamine groups is 1. The highest BCUT2D eigenvalue weighted by atomic mass is 16.8. The van der Waals surface area contributed by atoms with Crippen LogP contribution in [0.2, 0.25) is 0 Å². The van der Waals surface area contributed by atoms with E-state index in [1.807, 2.05) is 91.0 Å². The molecule has 1 aliphatic heterocycles. The van der Waals surface area contributed by atoms with Crippen LogP contribution in [0.5, 0.6) is 0 Å². The van der Waals surface area contributed by atoms with Crippen LogP contribution >= 0.6 is 0 Å². The number of carbonyl (C=O) groups excluding carboxylic acids is 3. The Morgan fingerprint density at radius 1 is 1.05 bits per heavy atom. The van der Waals surface area contributed by atoms with Gasteiger partial charge in [-0.2, -0.15) is 0 Å². The third-order valence-electron chi connectivity index (χ3n) is 6.89. The normalized spacial score (nSPS) is 18.0. The van der Waals surface area contributed by atoms with E-state index >= 15 is 0 Å². The van der Waals surface area contributed by atoms with Crippen LogP contribution in [-0.4, -0.2) is 60.4 Å². The first-order valence-corrected chi connectivity index (χ1v) is 15.6. The number of benzene rings is 1. The van der Waals surface area contributed by atoms with Crippen molar-refractivity contribution in [3.05, 3.63) is 42.0 Å². The van der Waals surface area contributed by atoms with Gasteiger partial charge in [0, 0.05) is 19.6 Å². The van der Waals surface area contributed by atoms with Crippen molar-refractivity contribution >= 4 is 23.8 Å². The van der Waals surface area contributed by atoms with Gasteiger partial charge in [0.05, 0.1) is 24.0 Å². The number of nitrogens with one attached hydrogen (secondary N) is 2. The second-order valence-corrected chi connectivity index (χ2v) is 13.1. The number of allylic oxidation sites excluding steroid dienone is 1. The zero-order chi connectivity index (χ0) is 32.0. The maximum absolute atomic E-state index is 14.0. The van der Waals surface area contributed by atoms with Gasteiger partial charge in [-0.25, -0.2) is 10.3 Å². The maximum atomic E-state index is 14.0. The molecule has 1 heterocycles.